The predicted molar refractivity (Wildman–Crippen MR) is 76.4 cm³/mol. The van der Waals surface area contributed by atoms with E-state index in [4.69, 9.17) is 0 Å². The number of rotatable bonds is 4. The SMILES string of the molecule is CCCCC(=O)N1CCN(c2ccc(O)c(F)c2)CC1. The number of carbonyl (C=O) groups is 1. The second kappa shape index (κ2) is 6.59. The number of amides is 1. The average molecular weight is 280 g/mol. The quantitative estimate of drug-likeness (QED) is 0.921. The van der Waals surface area contributed by atoms with Crippen LogP contribution < -0.4 is 4.90 Å². The lowest BCUT2D eigenvalue weighted by molar-refractivity contribution is -0.131. The van der Waals surface area contributed by atoms with Gasteiger partial charge in [0, 0.05) is 44.4 Å². The van der Waals surface area contributed by atoms with Crippen molar-refractivity contribution in [2.75, 3.05) is 31.1 Å². The summed E-state index contributed by atoms with van der Waals surface area (Å²) in [5, 5.41) is 9.19. The molecule has 1 fully saturated rings. The van der Waals surface area contributed by atoms with Crippen molar-refractivity contribution in [3.8, 4) is 5.75 Å². The van der Waals surface area contributed by atoms with Crippen LogP contribution in [0.1, 0.15) is 26.2 Å². The van der Waals surface area contributed by atoms with Gasteiger partial charge in [0.05, 0.1) is 0 Å². The van der Waals surface area contributed by atoms with Gasteiger partial charge in [0.25, 0.3) is 0 Å². The standard InChI is InChI=1S/C15H21FN2O2/c1-2-3-4-15(20)18-9-7-17(8-10-18)12-5-6-14(19)13(16)11-12/h5-6,11,19H,2-4,7-10H2,1H3. The maximum atomic E-state index is 13.3. The summed E-state index contributed by atoms with van der Waals surface area (Å²) in [6.07, 6.45) is 2.57. The van der Waals surface area contributed by atoms with E-state index in [1.807, 2.05) is 9.80 Å². The highest BCUT2D eigenvalue weighted by Gasteiger charge is 2.21. The fourth-order valence-electron chi connectivity index (χ4n) is 2.39. The third kappa shape index (κ3) is 3.40. The van der Waals surface area contributed by atoms with Gasteiger partial charge in [-0.1, -0.05) is 13.3 Å². The Hall–Kier alpha value is -1.78. The molecule has 0 atom stereocenters. The van der Waals surface area contributed by atoms with Crippen LogP contribution in [0.4, 0.5) is 10.1 Å². The van der Waals surface area contributed by atoms with Gasteiger partial charge >= 0.3 is 0 Å². The van der Waals surface area contributed by atoms with Crippen LogP contribution in [-0.4, -0.2) is 42.1 Å². The molecule has 1 saturated heterocycles. The number of benzene rings is 1. The average Bonchev–Trinajstić information content (AvgIpc) is 2.48. The first kappa shape index (κ1) is 14.6. The highest BCUT2D eigenvalue weighted by Crippen LogP contribution is 2.23. The number of piperazine rings is 1. The number of phenols is 1. The molecule has 1 aliphatic rings. The number of phenolic OH excluding ortho intramolecular Hbond substituents is 1. The van der Waals surface area contributed by atoms with E-state index in [1.54, 1.807) is 6.07 Å². The summed E-state index contributed by atoms with van der Waals surface area (Å²) < 4.78 is 13.3. The normalized spacial score (nSPS) is 15.5. The molecule has 1 N–H and O–H groups in total. The van der Waals surface area contributed by atoms with Crippen LogP contribution >= 0.6 is 0 Å². The van der Waals surface area contributed by atoms with Crippen LogP contribution in [0.25, 0.3) is 0 Å². The second-order valence-electron chi connectivity index (χ2n) is 5.11. The number of carbonyl (C=O) groups excluding carboxylic acids is 1. The van der Waals surface area contributed by atoms with Crippen molar-refractivity contribution in [3.05, 3.63) is 24.0 Å². The summed E-state index contributed by atoms with van der Waals surface area (Å²) in [7, 11) is 0. The van der Waals surface area contributed by atoms with E-state index in [-0.39, 0.29) is 11.7 Å². The summed E-state index contributed by atoms with van der Waals surface area (Å²) in [6.45, 7) is 4.81. The van der Waals surface area contributed by atoms with Crippen molar-refractivity contribution in [1.29, 1.82) is 0 Å². The van der Waals surface area contributed by atoms with Crippen LogP contribution in [0.5, 0.6) is 5.75 Å². The number of unbranched alkanes of at least 4 members (excludes halogenated alkanes) is 1. The Kier molecular flexibility index (Phi) is 4.82. The Labute approximate surface area is 118 Å². The molecule has 1 aliphatic heterocycles. The topological polar surface area (TPSA) is 43.8 Å². The number of aromatic hydroxyl groups is 1. The highest BCUT2D eigenvalue weighted by atomic mass is 19.1. The molecule has 0 saturated carbocycles. The molecule has 0 radical (unpaired) electrons. The predicted octanol–water partition coefficient (Wildman–Crippen LogP) is 2.37. The van der Waals surface area contributed by atoms with Crippen LogP contribution in [0.3, 0.4) is 0 Å². The van der Waals surface area contributed by atoms with Gasteiger partial charge in [0.15, 0.2) is 11.6 Å². The molecule has 0 spiro atoms. The summed E-state index contributed by atoms with van der Waals surface area (Å²) in [4.78, 5) is 15.8. The molecule has 1 amide bonds. The maximum Gasteiger partial charge on any atom is 0.222 e. The number of nitrogens with zero attached hydrogens (tertiary/aromatic N) is 2. The van der Waals surface area contributed by atoms with Gasteiger partial charge < -0.3 is 14.9 Å². The van der Waals surface area contributed by atoms with Gasteiger partial charge in [-0.05, 0) is 18.6 Å². The molecule has 1 aromatic rings. The fraction of sp³-hybridized carbons (Fsp3) is 0.533. The largest absolute Gasteiger partial charge is 0.505 e. The van der Waals surface area contributed by atoms with Crippen LogP contribution in [0, 0.1) is 5.82 Å². The summed E-state index contributed by atoms with van der Waals surface area (Å²) >= 11 is 0. The van der Waals surface area contributed by atoms with Crippen LogP contribution in [0.15, 0.2) is 18.2 Å². The Morgan fingerprint density at radius 3 is 2.60 bits per heavy atom. The molecule has 5 heteroatoms. The zero-order valence-corrected chi connectivity index (χ0v) is 11.8. The molecule has 20 heavy (non-hydrogen) atoms. The molecule has 0 aromatic heterocycles. The minimum atomic E-state index is -0.607. The molecule has 0 unspecified atom stereocenters. The molecule has 1 aromatic carbocycles. The molecule has 0 bridgehead atoms. The smallest absolute Gasteiger partial charge is 0.222 e. The molecule has 110 valence electrons. The molecule has 1 heterocycles. The molecule has 2 rings (SSSR count). The van der Waals surface area contributed by atoms with E-state index in [9.17, 15) is 14.3 Å². The van der Waals surface area contributed by atoms with Gasteiger partial charge in [-0.2, -0.15) is 0 Å². The zero-order valence-electron chi connectivity index (χ0n) is 11.8. The van der Waals surface area contributed by atoms with Gasteiger partial charge in [0.2, 0.25) is 5.91 Å². The van der Waals surface area contributed by atoms with Crippen LogP contribution in [-0.2, 0) is 4.79 Å². The number of hydrogen-bond acceptors (Lipinski definition) is 3. The third-order valence-corrected chi connectivity index (χ3v) is 3.67. The zero-order chi connectivity index (χ0) is 14.5. The Morgan fingerprint density at radius 2 is 2.00 bits per heavy atom. The first-order valence-corrected chi connectivity index (χ1v) is 7.13. The minimum Gasteiger partial charge on any atom is -0.505 e. The van der Waals surface area contributed by atoms with Gasteiger partial charge in [0.1, 0.15) is 0 Å². The first-order chi connectivity index (χ1) is 9.61. The highest BCUT2D eigenvalue weighted by molar-refractivity contribution is 5.76. The monoisotopic (exact) mass is 280 g/mol. The number of anilines is 1. The van der Waals surface area contributed by atoms with Crippen LogP contribution in [0.2, 0.25) is 0 Å². The van der Waals surface area contributed by atoms with Crippen molar-refractivity contribution in [2.24, 2.45) is 0 Å². The van der Waals surface area contributed by atoms with Crippen molar-refractivity contribution in [3.63, 3.8) is 0 Å². The lowest BCUT2D eigenvalue weighted by Crippen LogP contribution is -2.48. The van der Waals surface area contributed by atoms with Crippen molar-refractivity contribution in [1.82, 2.24) is 4.90 Å². The molecular weight excluding hydrogens is 259 g/mol. The van der Waals surface area contributed by atoms with E-state index in [2.05, 4.69) is 6.92 Å². The van der Waals surface area contributed by atoms with E-state index < -0.39 is 5.82 Å². The molecule has 4 nitrogen and oxygen atoms in total. The number of hydrogen-bond donors (Lipinski definition) is 1. The van der Waals surface area contributed by atoms with E-state index >= 15 is 0 Å². The lowest BCUT2D eigenvalue weighted by atomic mass is 10.2. The Balaban J connectivity index is 1.90. The van der Waals surface area contributed by atoms with Gasteiger partial charge in [-0.3, -0.25) is 4.79 Å². The second-order valence-corrected chi connectivity index (χ2v) is 5.11. The maximum absolute atomic E-state index is 13.3. The van der Waals surface area contributed by atoms with Crippen molar-refractivity contribution < 1.29 is 14.3 Å². The van der Waals surface area contributed by atoms with E-state index in [0.29, 0.717) is 32.6 Å². The minimum absolute atomic E-state index is 0.211. The van der Waals surface area contributed by atoms with E-state index in [1.165, 1.54) is 12.1 Å². The van der Waals surface area contributed by atoms with E-state index in [0.717, 1.165) is 18.5 Å². The Bertz CT molecular complexity index is 471. The first-order valence-electron chi connectivity index (χ1n) is 7.13. The summed E-state index contributed by atoms with van der Waals surface area (Å²) in [5.41, 5.74) is 0.751. The summed E-state index contributed by atoms with van der Waals surface area (Å²) in [6, 6.07) is 4.40. The number of halogens is 1. The van der Waals surface area contributed by atoms with Crippen molar-refractivity contribution >= 4 is 11.6 Å². The van der Waals surface area contributed by atoms with Crippen molar-refractivity contribution in [2.45, 2.75) is 26.2 Å². The molecular formula is C15H21FN2O2. The lowest BCUT2D eigenvalue weighted by Gasteiger charge is -2.36. The van der Waals surface area contributed by atoms with Gasteiger partial charge in [-0.25, -0.2) is 4.39 Å². The third-order valence-electron chi connectivity index (χ3n) is 3.67. The Morgan fingerprint density at radius 1 is 1.30 bits per heavy atom. The molecule has 0 aliphatic carbocycles. The van der Waals surface area contributed by atoms with Gasteiger partial charge in [-0.15, -0.1) is 0 Å². The fourth-order valence-corrected chi connectivity index (χ4v) is 2.39. The summed E-state index contributed by atoms with van der Waals surface area (Å²) in [5.74, 6) is -0.727.